The fraction of sp³-hybridized carbons (Fsp3) is 0.667. The van der Waals surface area contributed by atoms with Gasteiger partial charge in [-0.25, -0.2) is 0 Å². The summed E-state index contributed by atoms with van der Waals surface area (Å²) in [5.41, 5.74) is 2.60. The second-order valence-corrected chi connectivity index (χ2v) is 7.68. The van der Waals surface area contributed by atoms with Gasteiger partial charge >= 0.3 is 0 Å². The number of likely N-dealkylation sites (N-methyl/N-ethyl adjacent to an activating group) is 1. The van der Waals surface area contributed by atoms with E-state index in [-0.39, 0.29) is 0 Å². The molecule has 2 aromatic rings. The molecule has 2 aliphatic carbocycles. The van der Waals surface area contributed by atoms with Gasteiger partial charge in [-0.05, 0) is 57.2 Å². The molecule has 7 nitrogen and oxygen atoms in total. The lowest BCUT2D eigenvalue weighted by molar-refractivity contribution is 0.190. The molecule has 0 radical (unpaired) electrons. The van der Waals surface area contributed by atoms with Gasteiger partial charge in [0.25, 0.3) is 0 Å². The fourth-order valence-electron chi connectivity index (χ4n) is 3.73. The predicted molar refractivity (Wildman–Crippen MR) is 92.4 cm³/mol. The second kappa shape index (κ2) is 6.05. The molecular formula is C18H24N6O. The van der Waals surface area contributed by atoms with Crippen LogP contribution in [0.2, 0.25) is 0 Å². The lowest BCUT2D eigenvalue weighted by Crippen LogP contribution is -2.58. The van der Waals surface area contributed by atoms with E-state index in [1.54, 1.807) is 0 Å². The SMILES string of the molecule is CN(Cc1noc(C2CC2)n1)C1CN(c2cc3c(nn2)CCCC3)C1. The zero-order chi connectivity index (χ0) is 16.8. The zero-order valence-corrected chi connectivity index (χ0v) is 14.7. The molecule has 3 heterocycles. The van der Waals surface area contributed by atoms with E-state index in [9.17, 15) is 0 Å². The molecule has 25 heavy (non-hydrogen) atoms. The Hall–Kier alpha value is -2.02. The predicted octanol–water partition coefficient (Wildman–Crippen LogP) is 1.94. The third kappa shape index (κ3) is 3.01. The fourth-order valence-corrected chi connectivity index (χ4v) is 3.73. The Morgan fingerprint density at radius 2 is 2.04 bits per heavy atom. The molecule has 0 spiro atoms. The molecule has 1 saturated heterocycles. The van der Waals surface area contributed by atoms with E-state index >= 15 is 0 Å². The van der Waals surface area contributed by atoms with Crippen LogP contribution in [0.3, 0.4) is 0 Å². The number of aromatic nitrogens is 4. The van der Waals surface area contributed by atoms with Crippen molar-refractivity contribution < 1.29 is 4.52 Å². The van der Waals surface area contributed by atoms with Crippen LogP contribution in [0.1, 0.15) is 54.6 Å². The quantitative estimate of drug-likeness (QED) is 0.823. The molecule has 7 heteroatoms. The molecule has 0 bridgehead atoms. The maximum absolute atomic E-state index is 5.35. The summed E-state index contributed by atoms with van der Waals surface area (Å²) in [6, 6.07) is 2.75. The Morgan fingerprint density at radius 3 is 2.88 bits per heavy atom. The molecule has 1 saturated carbocycles. The van der Waals surface area contributed by atoms with Crippen LogP contribution < -0.4 is 4.90 Å². The summed E-state index contributed by atoms with van der Waals surface area (Å²) in [6.07, 6.45) is 7.14. The molecule has 0 aromatic carbocycles. The van der Waals surface area contributed by atoms with Crippen LogP contribution in [0.4, 0.5) is 5.82 Å². The van der Waals surface area contributed by atoms with Crippen LogP contribution >= 0.6 is 0 Å². The highest BCUT2D eigenvalue weighted by molar-refractivity contribution is 5.45. The van der Waals surface area contributed by atoms with Crippen molar-refractivity contribution in [2.45, 2.75) is 57.0 Å². The largest absolute Gasteiger partial charge is 0.352 e. The normalized spacial score (nSPS) is 20.6. The third-order valence-electron chi connectivity index (χ3n) is 5.67. The van der Waals surface area contributed by atoms with Gasteiger partial charge in [0.2, 0.25) is 5.89 Å². The first kappa shape index (κ1) is 15.3. The zero-order valence-electron chi connectivity index (χ0n) is 14.7. The minimum Gasteiger partial charge on any atom is -0.352 e. The molecule has 1 aliphatic heterocycles. The Bertz CT molecular complexity index is 765. The minimum absolute atomic E-state index is 0.501. The van der Waals surface area contributed by atoms with Gasteiger partial charge in [-0.15, -0.1) is 5.10 Å². The first-order chi connectivity index (χ1) is 12.3. The average molecular weight is 340 g/mol. The van der Waals surface area contributed by atoms with Gasteiger partial charge in [0, 0.05) is 25.0 Å². The smallest absolute Gasteiger partial charge is 0.229 e. The molecule has 0 atom stereocenters. The second-order valence-electron chi connectivity index (χ2n) is 7.68. The molecule has 0 unspecified atom stereocenters. The highest BCUT2D eigenvalue weighted by Crippen LogP contribution is 2.38. The maximum atomic E-state index is 5.35. The van der Waals surface area contributed by atoms with Gasteiger partial charge in [-0.2, -0.15) is 10.1 Å². The maximum Gasteiger partial charge on any atom is 0.229 e. The van der Waals surface area contributed by atoms with Crippen molar-refractivity contribution in [3.63, 3.8) is 0 Å². The highest BCUT2D eigenvalue weighted by atomic mass is 16.5. The summed E-state index contributed by atoms with van der Waals surface area (Å²) in [6.45, 7) is 2.71. The molecule has 2 fully saturated rings. The van der Waals surface area contributed by atoms with Gasteiger partial charge in [0.15, 0.2) is 11.6 Å². The summed E-state index contributed by atoms with van der Waals surface area (Å²) >= 11 is 0. The monoisotopic (exact) mass is 340 g/mol. The van der Waals surface area contributed by atoms with Crippen molar-refractivity contribution >= 4 is 5.82 Å². The number of aryl methyl sites for hydroxylation is 2. The van der Waals surface area contributed by atoms with Gasteiger partial charge in [-0.3, -0.25) is 4.90 Å². The number of fused-ring (bicyclic) bond motifs is 1. The lowest BCUT2D eigenvalue weighted by atomic mass is 9.96. The number of hydrogen-bond donors (Lipinski definition) is 0. The summed E-state index contributed by atoms with van der Waals surface area (Å²) in [5.74, 6) is 3.17. The Kier molecular flexibility index (Phi) is 3.69. The number of nitrogens with zero attached hydrogens (tertiary/aromatic N) is 6. The van der Waals surface area contributed by atoms with E-state index in [1.807, 2.05) is 0 Å². The van der Waals surface area contributed by atoms with E-state index < -0.39 is 0 Å². The standard InChI is InChI=1S/C18H24N6O/c1-23(11-16-19-18(25-22-16)12-6-7-12)14-9-24(10-14)17-8-13-4-2-3-5-15(13)20-21-17/h8,12,14H,2-7,9-11H2,1H3. The first-order valence-electron chi connectivity index (χ1n) is 9.39. The molecule has 5 rings (SSSR count). The van der Waals surface area contributed by atoms with E-state index in [0.717, 1.165) is 50.0 Å². The Labute approximate surface area is 147 Å². The van der Waals surface area contributed by atoms with Gasteiger partial charge in [0.05, 0.1) is 12.2 Å². The molecule has 0 N–H and O–H groups in total. The highest BCUT2D eigenvalue weighted by Gasteiger charge is 2.33. The van der Waals surface area contributed by atoms with Crippen molar-refractivity contribution in [2.75, 3.05) is 25.0 Å². The molecule has 3 aliphatic rings. The van der Waals surface area contributed by atoms with Gasteiger partial charge in [-0.1, -0.05) is 5.16 Å². The van der Waals surface area contributed by atoms with Gasteiger partial charge < -0.3 is 9.42 Å². The lowest BCUT2D eigenvalue weighted by Gasteiger charge is -2.44. The number of rotatable bonds is 5. The number of anilines is 1. The van der Waals surface area contributed by atoms with Crippen LogP contribution in [0, 0.1) is 0 Å². The van der Waals surface area contributed by atoms with E-state index in [4.69, 9.17) is 4.52 Å². The summed E-state index contributed by atoms with van der Waals surface area (Å²) in [7, 11) is 2.13. The van der Waals surface area contributed by atoms with E-state index in [1.165, 1.54) is 36.9 Å². The number of hydrogen-bond acceptors (Lipinski definition) is 7. The van der Waals surface area contributed by atoms with Crippen LogP contribution in [0.15, 0.2) is 10.6 Å². The van der Waals surface area contributed by atoms with Crippen molar-refractivity contribution in [2.24, 2.45) is 0 Å². The molecule has 0 amide bonds. The molecular weight excluding hydrogens is 316 g/mol. The van der Waals surface area contributed by atoms with Crippen LogP contribution in [0.5, 0.6) is 0 Å². The first-order valence-corrected chi connectivity index (χ1v) is 9.39. The van der Waals surface area contributed by atoms with E-state index in [0.29, 0.717) is 12.0 Å². The Balaban J connectivity index is 1.18. The van der Waals surface area contributed by atoms with Crippen molar-refractivity contribution in [3.8, 4) is 0 Å². The van der Waals surface area contributed by atoms with Crippen LogP contribution in [-0.2, 0) is 19.4 Å². The van der Waals surface area contributed by atoms with Crippen molar-refractivity contribution in [3.05, 3.63) is 29.0 Å². The van der Waals surface area contributed by atoms with Crippen molar-refractivity contribution in [1.29, 1.82) is 0 Å². The Morgan fingerprint density at radius 1 is 1.20 bits per heavy atom. The summed E-state index contributed by atoms with van der Waals surface area (Å²) < 4.78 is 5.35. The van der Waals surface area contributed by atoms with Crippen LogP contribution in [-0.4, -0.2) is 51.4 Å². The molecule has 2 aromatic heterocycles. The third-order valence-corrected chi connectivity index (χ3v) is 5.67. The summed E-state index contributed by atoms with van der Waals surface area (Å²) in [5, 5.41) is 13.0. The van der Waals surface area contributed by atoms with Gasteiger partial charge in [0.1, 0.15) is 0 Å². The summed E-state index contributed by atoms with van der Waals surface area (Å²) in [4.78, 5) is 9.15. The molecule has 132 valence electrons. The minimum atomic E-state index is 0.501. The topological polar surface area (TPSA) is 71.2 Å². The van der Waals surface area contributed by atoms with Crippen molar-refractivity contribution in [1.82, 2.24) is 25.2 Å². The average Bonchev–Trinajstić information content (AvgIpc) is 3.33. The van der Waals surface area contributed by atoms with E-state index in [2.05, 4.69) is 43.3 Å². The van der Waals surface area contributed by atoms with Crippen LogP contribution in [0.25, 0.3) is 0 Å².